The molecule has 0 unspecified atom stereocenters. The van der Waals surface area contributed by atoms with Gasteiger partial charge in [-0.1, -0.05) is 19.3 Å². The van der Waals surface area contributed by atoms with Crippen molar-refractivity contribution in [2.45, 2.75) is 51.9 Å². The number of anilines is 1. The lowest BCUT2D eigenvalue weighted by Gasteiger charge is -2.35. The second-order valence-electron chi connectivity index (χ2n) is 6.18. The number of aryl methyl sites for hydroxylation is 1. The highest BCUT2D eigenvalue weighted by molar-refractivity contribution is 7.15. The maximum Gasteiger partial charge on any atom is 0.226 e. The molecule has 1 fully saturated rings. The molecular formula is C15H24N4O3S. The van der Waals surface area contributed by atoms with E-state index in [1.165, 1.54) is 17.8 Å². The lowest BCUT2D eigenvalue weighted by Crippen LogP contribution is -2.36. The van der Waals surface area contributed by atoms with Crippen LogP contribution in [0.3, 0.4) is 0 Å². The summed E-state index contributed by atoms with van der Waals surface area (Å²) >= 11 is 1.41. The fraction of sp³-hybridized carbons (Fsp3) is 0.733. The quantitative estimate of drug-likeness (QED) is 0.430. The zero-order chi connectivity index (χ0) is 16.7. The number of hydrogen-bond acceptors (Lipinski definition) is 7. The van der Waals surface area contributed by atoms with Crippen LogP contribution < -0.4 is 11.1 Å². The predicted molar refractivity (Wildman–Crippen MR) is 90.1 cm³/mol. The molecule has 1 amide bonds. The van der Waals surface area contributed by atoms with E-state index in [1.54, 1.807) is 0 Å². The summed E-state index contributed by atoms with van der Waals surface area (Å²) in [7, 11) is 0. The van der Waals surface area contributed by atoms with Crippen molar-refractivity contribution in [3.8, 4) is 0 Å². The predicted octanol–water partition coefficient (Wildman–Crippen LogP) is 2.93. The number of nitrogens with zero attached hydrogens (tertiary/aromatic N) is 2. The molecule has 1 heterocycles. The summed E-state index contributed by atoms with van der Waals surface area (Å²) in [5.41, 5.74) is 6.72. The minimum Gasteiger partial charge on any atom is -0.364 e. The van der Waals surface area contributed by atoms with Crippen molar-refractivity contribution in [3.05, 3.63) is 15.5 Å². The molecule has 128 valence electrons. The molecule has 1 aromatic heterocycles. The summed E-state index contributed by atoms with van der Waals surface area (Å²) < 4.78 is 0. The SMILES string of the molecule is Cc1nc(NC(=O)CC2(CN)CCCCC2)sc1CCON=O. The topological polar surface area (TPSA) is 107 Å². The molecule has 0 spiro atoms. The molecule has 1 saturated carbocycles. The molecule has 8 heteroatoms. The van der Waals surface area contributed by atoms with Gasteiger partial charge in [-0.25, -0.2) is 4.98 Å². The first-order valence-electron chi connectivity index (χ1n) is 7.99. The van der Waals surface area contributed by atoms with Gasteiger partial charge in [-0.3, -0.25) is 4.79 Å². The van der Waals surface area contributed by atoms with Gasteiger partial charge in [0.1, 0.15) is 6.61 Å². The van der Waals surface area contributed by atoms with Crippen molar-refractivity contribution in [1.82, 2.24) is 4.98 Å². The lowest BCUT2D eigenvalue weighted by molar-refractivity contribution is -0.118. The number of carbonyl (C=O) groups excluding carboxylic acids is 1. The molecular weight excluding hydrogens is 316 g/mol. The van der Waals surface area contributed by atoms with Gasteiger partial charge in [-0.2, -0.15) is 0 Å². The molecule has 23 heavy (non-hydrogen) atoms. The van der Waals surface area contributed by atoms with Crippen LogP contribution in [0.5, 0.6) is 0 Å². The normalized spacial score (nSPS) is 16.8. The van der Waals surface area contributed by atoms with Gasteiger partial charge in [-0.05, 0) is 31.7 Å². The Balaban J connectivity index is 1.91. The summed E-state index contributed by atoms with van der Waals surface area (Å²) in [5.74, 6) is -0.0246. The van der Waals surface area contributed by atoms with Crippen molar-refractivity contribution >= 4 is 22.4 Å². The Hall–Kier alpha value is -1.54. The van der Waals surface area contributed by atoms with Gasteiger partial charge in [0.2, 0.25) is 5.91 Å². The molecule has 1 aliphatic carbocycles. The summed E-state index contributed by atoms with van der Waals surface area (Å²) in [4.78, 5) is 32.1. The number of carbonyl (C=O) groups is 1. The van der Waals surface area contributed by atoms with Gasteiger partial charge >= 0.3 is 0 Å². The summed E-state index contributed by atoms with van der Waals surface area (Å²) in [6.07, 6.45) is 6.58. The van der Waals surface area contributed by atoms with Gasteiger partial charge < -0.3 is 15.9 Å². The number of amides is 1. The minimum absolute atomic E-state index is 0.0246. The highest BCUT2D eigenvalue weighted by Crippen LogP contribution is 2.38. The Kier molecular flexibility index (Phi) is 6.47. The van der Waals surface area contributed by atoms with Crippen LogP contribution >= 0.6 is 11.3 Å². The number of nitrogens with two attached hydrogens (primary N) is 1. The largest absolute Gasteiger partial charge is 0.364 e. The zero-order valence-electron chi connectivity index (χ0n) is 13.5. The zero-order valence-corrected chi connectivity index (χ0v) is 14.3. The summed E-state index contributed by atoms with van der Waals surface area (Å²) in [5, 5.41) is 5.84. The van der Waals surface area contributed by atoms with Gasteiger partial charge in [-0.15, -0.1) is 16.2 Å². The Morgan fingerprint density at radius 2 is 2.17 bits per heavy atom. The van der Waals surface area contributed by atoms with Crippen LogP contribution in [0.4, 0.5) is 5.13 Å². The average molecular weight is 340 g/mol. The van der Waals surface area contributed by atoms with Gasteiger partial charge in [0.05, 0.1) is 5.69 Å². The van der Waals surface area contributed by atoms with E-state index < -0.39 is 0 Å². The molecule has 0 radical (unpaired) electrons. The third-order valence-corrected chi connectivity index (χ3v) is 5.63. The first-order valence-corrected chi connectivity index (χ1v) is 8.81. The third kappa shape index (κ3) is 4.97. The number of hydrogen-bond donors (Lipinski definition) is 2. The van der Waals surface area contributed by atoms with Gasteiger partial charge in [0, 0.05) is 17.7 Å². The van der Waals surface area contributed by atoms with Gasteiger partial charge in [0.25, 0.3) is 0 Å². The Morgan fingerprint density at radius 1 is 1.43 bits per heavy atom. The number of aromatic nitrogens is 1. The number of thiazole rings is 1. The standard InChI is InChI=1S/C15H24N4O3S/c1-11-12(5-8-22-19-21)23-14(17-11)18-13(20)9-15(10-16)6-3-2-4-7-15/h2-10,16H2,1H3,(H,17,18,20). The third-order valence-electron chi connectivity index (χ3n) is 4.49. The van der Waals surface area contributed by atoms with Crippen molar-refractivity contribution < 1.29 is 9.63 Å². The van der Waals surface area contributed by atoms with Crippen LogP contribution in [0.15, 0.2) is 5.34 Å². The number of rotatable bonds is 8. The first-order chi connectivity index (χ1) is 11.1. The van der Waals surface area contributed by atoms with E-state index in [2.05, 4.69) is 20.5 Å². The maximum absolute atomic E-state index is 12.3. The van der Waals surface area contributed by atoms with E-state index >= 15 is 0 Å². The van der Waals surface area contributed by atoms with E-state index in [1.807, 2.05) is 6.92 Å². The molecule has 0 aromatic carbocycles. The van der Waals surface area contributed by atoms with E-state index in [-0.39, 0.29) is 17.9 Å². The van der Waals surface area contributed by atoms with Crippen molar-refractivity contribution in [2.24, 2.45) is 16.5 Å². The lowest BCUT2D eigenvalue weighted by atomic mass is 9.72. The van der Waals surface area contributed by atoms with Crippen LogP contribution in [0, 0.1) is 17.2 Å². The molecule has 7 nitrogen and oxygen atoms in total. The molecule has 1 aromatic rings. The van der Waals surface area contributed by atoms with Crippen LogP contribution in [-0.2, 0) is 16.1 Å². The van der Waals surface area contributed by atoms with Crippen LogP contribution in [0.2, 0.25) is 0 Å². The first kappa shape index (κ1) is 17.8. The average Bonchev–Trinajstić information content (AvgIpc) is 2.88. The van der Waals surface area contributed by atoms with E-state index in [4.69, 9.17) is 5.73 Å². The fourth-order valence-corrected chi connectivity index (χ4v) is 4.11. The highest BCUT2D eigenvalue weighted by atomic mass is 32.1. The minimum atomic E-state index is -0.0546. The summed E-state index contributed by atoms with van der Waals surface area (Å²) in [6.45, 7) is 2.65. The Bertz CT molecular complexity index is 541. The van der Waals surface area contributed by atoms with Crippen LogP contribution in [0.25, 0.3) is 0 Å². The van der Waals surface area contributed by atoms with Gasteiger partial charge in [0.15, 0.2) is 10.5 Å². The monoisotopic (exact) mass is 340 g/mol. The van der Waals surface area contributed by atoms with E-state index in [9.17, 15) is 9.70 Å². The van der Waals surface area contributed by atoms with Crippen LogP contribution in [0.1, 0.15) is 49.1 Å². The van der Waals surface area contributed by atoms with E-state index in [0.29, 0.717) is 24.5 Å². The smallest absolute Gasteiger partial charge is 0.226 e. The van der Waals surface area contributed by atoms with Crippen molar-refractivity contribution in [2.75, 3.05) is 18.5 Å². The van der Waals surface area contributed by atoms with Crippen molar-refractivity contribution in [1.29, 1.82) is 0 Å². The molecule has 0 bridgehead atoms. The number of nitrogens with one attached hydrogen (secondary N) is 1. The molecule has 0 atom stereocenters. The molecule has 2 rings (SSSR count). The molecule has 1 aliphatic rings. The fourth-order valence-electron chi connectivity index (χ4n) is 3.15. The Labute approximate surface area is 139 Å². The maximum atomic E-state index is 12.3. The highest BCUT2D eigenvalue weighted by Gasteiger charge is 2.33. The summed E-state index contributed by atoms with van der Waals surface area (Å²) in [6, 6.07) is 0. The second-order valence-corrected chi connectivity index (χ2v) is 7.26. The Morgan fingerprint density at radius 3 is 2.83 bits per heavy atom. The van der Waals surface area contributed by atoms with E-state index in [0.717, 1.165) is 36.3 Å². The molecule has 0 aliphatic heterocycles. The molecule has 3 N–H and O–H groups in total. The van der Waals surface area contributed by atoms with Crippen LogP contribution in [-0.4, -0.2) is 24.0 Å². The second kappa shape index (κ2) is 8.35. The van der Waals surface area contributed by atoms with Crippen molar-refractivity contribution in [3.63, 3.8) is 0 Å². The molecule has 0 saturated heterocycles.